The Balaban J connectivity index is 1.65. The summed E-state index contributed by atoms with van der Waals surface area (Å²) in [7, 11) is 3.21. The van der Waals surface area contributed by atoms with E-state index in [1.807, 2.05) is 12.1 Å². The average molecular weight is 348 g/mol. The van der Waals surface area contributed by atoms with Crippen LogP contribution in [0.1, 0.15) is 5.89 Å². The van der Waals surface area contributed by atoms with Crippen LogP contribution in [0.25, 0.3) is 11.4 Å². The predicted octanol–water partition coefficient (Wildman–Crippen LogP) is 0.864. The molecule has 0 bridgehead atoms. The number of aliphatic hydroxyl groups excluding tert-OH is 1. The van der Waals surface area contributed by atoms with Crippen molar-refractivity contribution in [2.45, 2.75) is 6.54 Å². The van der Waals surface area contributed by atoms with Gasteiger partial charge >= 0.3 is 0 Å². The summed E-state index contributed by atoms with van der Waals surface area (Å²) in [6, 6.07) is 5.50. The molecule has 2 heterocycles. The number of ether oxygens (including phenoxy) is 2. The number of hydrogen-bond donors (Lipinski definition) is 1. The van der Waals surface area contributed by atoms with Crippen LogP contribution in [0.5, 0.6) is 11.5 Å². The van der Waals surface area contributed by atoms with Crippen molar-refractivity contribution in [2.75, 3.05) is 53.6 Å². The molecular formula is C17H24N4O4. The molecule has 0 atom stereocenters. The number of nitrogens with zero attached hydrogens (tertiary/aromatic N) is 4. The predicted molar refractivity (Wildman–Crippen MR) is 91.6 cm³/mol. The third kappa shape index (κ3) is 4.28. The van der Waals surface area contributed by atoms with E-state index in [1.165, 1.54) is 0 Å². The first-order valence-corrected chi connectivity index (χ1v) is 8.34. The Kier molecular flexibility index (Phi) is 5.85. The van der Waals surface area contributed by atoms with E-state index in [0.717, 1.165) is 38.3 Å². The Labute approximate surface area is 146 Å². The van der Waals surface area contributed by atoms with Crippen molar-refractivity contribution >= 4 is 0 Å². The van der Waals surface area contributed by atoms with Gasteiger partial charge in [-0.3, -0.25) is 9.80 Å². The van der Waals surface area contributed by atoms with E-state index in [-0.39, 0.29) is 6.61 Å². The fraction of sp³-hybridized carbons (Fsp3) is 0.529. The molecule has 0 radical (unpaired) electrons. The minimum absolute atomic E-state index is 0.205. The standard InChI is InChI=1S/C17H24N4O4/c1-23-13-3-4-14(15(11-13)24-2)17-18-16(25-19-17)12-21-7-5-20(6-8-21)9-10-22/h3-4,11,22H,5-10,12H2,1-2H3. The van der Waals surface area contributed by atoms with Gasteiger partial charge in [-0.2, -0.15) is 4.98 Å². The van der Waals surface area contributed by atoms with Crippen LogP contribution >= 0.6 is 0 Å². The third-order valence-corrected chi connectivity index (χ3v) is 4.36. The third-order valence-electron chi connectivity index (χ3n) is 4.36. The fourth-order valence-corrected chi connectivity index (χ4v) is 2.92. The number of hydrogen-bond acceptors (Lipinski definition) is 8. The molecule has 0 unspecified atom stereocenters. The van der Waals surface area contributed by atoms with Crippen molar-refractivity contribution < 1.29 is 19.1 Å². The van der Waals surface area contributed by atoms with E-state index >= 15 is 0 Å². The number of aliphatic hydroxyl groups is 1. The van der Waals surface area contributed by atoms with Crippen molar-refractivity contribution in [1.29, 1.82) is 0 Å². The summed E-state index contributed by atoms with van der Waals surface area (Å²) in [4.78, 5) is 9.02. The van der Waals surface area contributed by atoms with Crippen LogP contribution in [0.15, 0.2) is 22.7 Å². The van der Waals surface area contributed by atoms with Crippen LogP contribution in [0.3, 0.4) is 0 Å². The number of rotatable bonds is 7. The Bertz CT molecular complexity index is 683. The molecule has 3 rings (SSSR count). The summed E-state index contributed by atoms with van der Waals surface area (Å²) < 4.78 is 16.0. The first-order valence-electron chi connectivity index (χ1n) is 8.34. The maximum absolute atomic E-state index is 9.00. The van der Waals surface area contributed by atoms with Gasteiger partial charge in [-0.15, -0.1) is 0 Å². The summed E-state index contributed by atoms with van der Waals surface area (Å²) in [6.07, 6.45) is 0. The van der Waals surface area contributed by atoms with Crippen molar-refractivity contribution in [3.8, 4) is 22.9 Å². The lowest BCUT2D eigenvalue weighted by Crippen LogP contribution is -2.46. The molecule has 1 fully saturated rings. The molecular weight excluding hydrogens is 324 g/mol. The highest BCUT2D eigenvalue weighted by Gasteiger charge is 2.20. The molecule has 1 saturated heterocycles. The molecule has 1 N–H and O–H groups in total. The molecule has 136 valence electrons. The Morgan fingerprint density at radius 2 is 1.88 bits per heavy atom. The molecule has 0 amide bonds. The number of aromatic nitrogens is 2. The number of β-amino-alcohol motifs (C(OH)–C–C–N with tert-alkyl or cyclic N) is 1. The first-order chi connectivity index (χ1) is 12.2. The Hall–Kier alpha value is -2.16. The van der Waals surface area contributed by atoms with Crippen LogP contribution in [0.4, 0.5) is 0 Å². The van der Waals surface area contributed by atoms with Crippen LogP contribution in [0, 0.1) is 0 Å². The lowest BCUT2D eigenvalue weighted by molar-refractivity contribution is 0.101. The molecule has 1 aromatic heterocycles. The fourth-order valence-electron chi connectivity index (χ4n) is 2.92. The van der Waals surface area contributed by atoms with E-state index in [4.69, 9.17) is 19.1 Å². The van der Waals surface area contributed by atoms with Gasteiger partial charge < -0.3 is 19.1 Å². The lowest BCUT2D eigenvalue weighted by atomic mass is 10.2. The van der Waals surface area contributed by atoms with Gasteiger partial charge in [-0.25, -0.2) is 0 Å². The number of piperazine rings is 1. The summed E-state index contributed by atoms with van der Waals surface area (Å²) in [5.74, 6) is 2.45. The second-order valence-corrected chi connectivity index (χ2v) is 5.92. The number of benzene rings is 1. The summed E-state index contributed by atoms with van der Waals surface area (Å²) in [5, 5.41) is 13.1. The van der Waals surface area contributed by atoms with Gasteiger partial charge in [0, 0.05) is 38.8 Å². The van der Waals surface area contributed by atoms with Gasteiger partial charge in [0.25, 0.3) is 0 Å². The topological polar surface area (TPSA) is 84.1 Å². The van der Waals surface area contributed by atoms with E-state index in [9.17, 15) is 0 Å². The highest BCUT2D eigenvalue weighted by atomic mass is 16.5. The van der Waals surface area contributed by atoms with Crippen molar-refractivity contribution in [1.82, 2.24) is 19.9 Å². The summed E-state index contributed by atoms with van der Waals surface area (Å²) >= 11 is 0. The van der Waals surface area contributed by atoms with Crippen molar-refractivity contribution in [3.05, 3.63) is 24.1 Å². The number of methoxy groups -OCH3 is 2. The first kappa shape index (κ1) is 17.7. The zero-order valence-corrected chi connectivity index (χ0v) is 14.6. The van der Waals surface area contributed by atoms with E-state index in [1.54, 1.807) is 20.3 Å². The minimum atomic E-state index is 0.205. The lowest BCUT2D eigenvalue weighted by Gasteiger charge is -2.33. The molecule has 0 spiro atoms. The molecule has 1 aliphatic heterocycles. The molecule has 1 aliphatic rings. The van der Waals surface area contributed by atoms with Crippen molar-refractivity contribution in [2.24, 2.45) is 0 Å². The second kappa shape index (κ2) is 8.28. The zero-order chi connectivity index (χ0) is 17.6. The minimum Gasteiger partial charge on any atom is -0.497 e. The van der Waals surface area contributed by atoms with Crippen LogP contribution in [0.2, 0.25) is 0 Å². The maximum Gasteiger partial charge on any atom is 0.241 e. The van der Waals surface area contributed by atoms with Gasteiger partial charge in [0.05, 0.1) is 32.9 Å². The average Bonchev–Trinajstić information content (AvgIpc) is 3.11. The SMILES string of the molecule is COc1ccc(-c2noc(CN3CCN(CCO)CC3)n2)c(OC)c1. The smallest absolute Gasteiger partial charge is 0.241 e. The van der Waals surface area contributed by atoms with Crippen LogP contribution in [-0.4, -0.2) is 78.6 Å². The summed E-state index contributed by atoms with van der Waals surface area (Å²) in [6.45, 7) is 5.28. The van der Waals surface area contributed by atoms with E-state index in [0.29, 0.717) is 29.8 Å². The van der Waals surface area contributed by atoms with E-state index < -0.39 is 0 Å². The molecule has 0 saturated carbocycles. The van der Waals surface area contributed by atoms with Crippen LogP contribution < -0.4 is 9.47 Å². The molecule has 1 aromatic carbocycles. The zero-order valence-electron chi connectivity index (χ0n) is 14.6. The maximum atomic E-state index is 9.00. The van der Waals surface area contributed by atoms with Gasteiger partial charge in [0.1, 0.15) is 11.5 Å². The largest absolute Gasteiger partial charge is 0.497 e. The molecule has 25 heavy (non-hydrogen) atoms. The van der Waals surface area contributed by atoms with Crippen LogP contribution in [-0.2, 0) is 6.54 Å². The van der Waals surface area contributed by atoms with Crippen molar-refractivity contribution in [3.63, 3.8) is 0 Å². The molecule has 8 nitrogen and oxygen atoms in total. The van der Waals surface area contributed by atoms with E-state index in [2.05, 4.69) is 19.9 Å². The van der Waals surface area contributed by atoms with Gasteiger partial charge in [-0.05, 0) is 12.1 Å². The normalized spacial score (nSPS) is 16.1. The molecule has 0 aliphatic carbocycles. The summed E-state index contributed by atoms with van der Waals surface area (Å²) in [5.41, 5.74) is 0.770. The van der Waals surface area contributed by atoms with Gasteiger partial charge in [0.15, 0.2) is 0 Å². The highest BCUT2D eigenvalue weighted by Crippen LogP contribution is 2.31. The monoisotopic (exact) mass is 348 g/mol. The van der Waals surface area contributed by atoms with Gasteiger partial charge in [-0.1, -0.05) is 5.16 Å². The highest BCUT2D eigenvalue weighted by molar-refractivity contribution is 5.65. The molecule has 2 aromatic rings. The quantitative estimate of drug-likeness (QED) is 0.789. The Morgan fingerprint density at radius 1 is 1.12 bits per heavy atom. The van der Waals surface area contributed by atoms with Gasteiger partial charge in [0.2, 0.25) is 11.7 Å². The Morgan fingerprint density at radius 3 is 2.56 bits per heavy atom. The second-order valence-electron chi connectivity index (χ2n) is 5.92. The molecule has 8 heteroatoms.